The number of rotatable bonds is 10. The zero-order valence-electron chi connectivity index (χ0n) is 13.2. The molecule has 2 aliphatic rings. The molecule has 2 aliphatic heterocycles. The number of aliphatic hydroxyl groups excluding tert-OH is 1. The summed E-state index contributed by atoms with van der Waals surface area (Å²) in [5.41, 5.74) is 0. The van der Waals surface area contributed by atoms with Gasteiger partial charge in [0.1, 0.15) is 31.0 Å². The van der Waals surface area contributed by atoms with Crippen LogP contribution in [0, 0.1) is 0 Å². The molecule has 146 valence electrons. The highest BCUT2D eigenvalue weighted by Gasteiger charge is 2.48. The first-order valence-corrected chi connectivity index (χ1v) is 7.63. The van der Waals surface area contributed by atoms with Gasteiger partial charge >= 0.3 is 5.97 Å². The number of carbonyl (C=O) groups excluding carboxylic acids is 1. The van der Waals surface area contributed by atoms with Gasteiger partial charge in [0.25, 0.3) is 0 Å². The SMILES string of the molecule is O=C(CCC[C@H](CON(O)O)ON(O)O)OC1CO[C@H]2[C@@H]1OC[C@@H]2O. The van der Waals surface area contributed by atoms with E-state index >= 15 is 0 Å². The standard InChI is InChI=1S/C12H22N2O11/c15-8-5-21-12-9(6-22-11(8)12)24-10(16)3-1-2-7(25-14(19)20)4-23-13(17)18/h7-9,11-12,15,17-20H,1-6H2/t7-,8+,9?,11-,12-/m1/s1. The summed E-state index contributed by atoms with van der Waals surface area (Å²) in [7, 11) is 0. The van der Waals surface area contributed by atoms with Gasteiger partial charge in [-0.05, 0) is 12.8 Å². The van der Waals surface area contributed by atoms with E-state index in [0.717, 1.165) is 0 Å². The molecule has 0 radical (unpaired) electrons. The number of aliphatic hydroxyl groups is 1. The maximum Gasteiger partial charge on any atom is 0.306 e. The highest BCUT2D eigenvalue weighted by atomic mass is 17.1. The highest BCUT2D eigenvalue weighted by molar-refractivity contribution is 5.69. The molecular weight excluding hydrogens is 348 g/mol. The monoisotopic (exact) mass is 370 g/mol. The fourth-order valence-corrected chi connectivity index (χ4v) is 2.70. The third-order valence-corrected chi connectivity index (χ3v) is 3.79. The van der Waals surface area contributed by atoms with E-state index in [4.69, 9.17) is 35.0 Å². The second kappa shape index (κ2) is 9.65. The Hall–Kier alpha value is -0.970. The first kappa shape index (κ1) is 20.3. The van der Waals surface area contributed by atoms with Crippen LogP contribution in [0.4, 0.5) is 0 Å². The third kappa shape index (κ3) is 6.36. The number of hydrogen-bond donors (Lipinski definition) is 5. The lowest BCUT2D eigenvalue weighted by molar-refractivity contribution is -0.527. The average Bonchev–Trinajstić information content (AvgIpc) is 3.08. The van der Waals surface area contributed by atoms with Gasteiger partial charge in [0.15, 0.2) is 6.10 Å². The van der Waals surface area contributed by atoms with Crippen molar-refractivity contribution >= 4 is 5.97 Å². The summed E-state index contributed by atoms with van der Waals surface area (Å²) in [5.74, 6) is -0.519. The Bertz CT molecular complexity index is 424. The Morgan fingerprint density at radius 1 is 1.12 bits per heavy atom. The molecule has 1 unspecified atom stereocenters. The normalized spacial score (nSPS) is 30.0. The van der Waals surface area contributed by atoms with Gasteiger partial charge < -0.3 is 19.3 Å². The molecule has 0 saturated carbocycles. The summed E-state index contributed by atoms with van der Waals surface area (Å²) in [5, 5.41) is 42.7. The second-order valence-corrected chi connectivity index (χ2v) is 5.61. The van der Waals surface area contributed by atoms with Crippen LogP contribution in [0.5, 0.6) is 0 Å². The van der Waals surface area contributed by atoms with E-state index in [2.05, 4.69) is 9.68 Å². The van der Waals surface area contributed by atoms with Crippen molar-refractivity contribution in [2.45, 2.75) is 49.8 Å². The Morgan fingerprint density at radius 3 is 2.52 bits per heavy atom. The molecule has 5 N–H and O–H groups in total. The van der Waals surface area contributed by atoms with E-state index in [9.17, 15) is 9.90 Å². The quantitative estimate of drug-likeness (QED) is 0.225. The Labute approximate surface area is 142 Å². The van der Waals surface area contributed by atoms with Gasteiger partial charge in [-0.3, -0.25) is 25.6 Å². The number of ether oxygens (including phenoxy) is 3. The van der Waals surface area contributed by atoms with E-state index in [1.54, 1.807) is 0 Å². The minimum absolute atomic E-state index is 0.00484. The highest BCUT2D eigenvalue weighted by Crippen LogP contribution is 2.29. The van der Waals surface area contributed by atoms with Crippen molar-refractivity contribution < 1.29 is 54.6 Å². The van der Waals surface area contributed by atoms with Crippen LogP contribution >= 0.6 is 0 Å². The van der Waals surface area contributed by atoms with Gasteiger partial charge in [0, 0.05) is 6.42 Å². The van der Waals surface area contributed by atoms with E-state index in [1.807, 2.05) is 0 Å². The molecule has 2 heterocycles. The summed E-state index contributed by atoms with van der Waals surface area (Å²) in [4.78, 5) is 20.7. The zero-order chi connectivity index (χ0) is 18.4. The molecule has 0 aliphatic carbocycles. The number of esters is 1. The molecule has 5 atom stereocenters. The molecule has 0 aromatic heterocycles. The number of hydrogen-bond acceptors (Lipinski definition) is 13. The van der Waals surface area contributed by atoms with E-state index in [-0.39, 0.29) is 32.5 Å². The lowest BCUT2D eigenvalue weighted by atomic mass is 10.1. The van der Waals surface area contributed by atoms with E-state index in [1.165, 1.54) is 0 Å². The summed E-state index contributed by atoms with van der Waals surface area (Å²) in [6.45, 7) is -0.135. The van der Waals surface area contributed by atoms with Crippen molar-refractivity contribution in [2.75, 3.05) is 19.8 Å². The second-order valence-electron chi connectivity index (χ2n) is 5.61. The van der Waals surface area contributed by atoms with Gasteiger partial charge in [0.2, 0.25) is 0 Å². The molecule has 2 saturated heterocycles. The average molecular weight is 370 g/mol. The number of nitrogens with zero attached hydrogens (tertiary/aromatic N) is 2. The molecule has 0 aromatic carbocycles. The van der Waals surface area contributed by atoms with Crippen LogP contribution in [0.1, 0.15) is 19.3 Å². The minimum atomic E-state index is -0.961. The molecule has 25 heavy (non-hydrogen) atoms. The lowest BCUT2D eigenvalue weighted by Gasteiger charge is -2.19. The topological polar surface area (TPSA) is 171 Å². The van der Waals surface area contributed by atoms with Crippen molar-refractivity contribution in [2.24, 2.45) is 0 Å². The van der Waals surface area contributed by atoms with Gasteiger partial charge in [-0.15, -0.1) is 0 Å². The largest absolute Gasteiger partial charge is 0.457 e. The molecule has 0 bridgehead atoms. The molecule has 2 rings (SSSR count). The van der Waals surface area contributed by atoms with Crippen LogP contribution in [0.2, 0.25) is 0 Å². The van der Waals surface area contributed by atoms with Crippen LogP contribution in [-0.4, -0.2) is 93.0 Å². The van der Waals surface area contributed by atoms with Crippen LogP contribution in [-0.2, 0) is 28.7 Å². The third-order valence-electron chi connectivity index (χ3n) is 3.79. The van der Waals surface area contributed by atoms with Gasteiger partial charge in [-0.25, -0.2) is 9.68 Å². The van der Waals surface area contributed by atoms with Crippen molar-refractivity contribution in [3.05, 3.63) is 0 Å². The van der Waals surface area contributed by atoms with Gasteiger partial charge in [-0.1, -0.05) is 0 Å². The van der Waals surface area contributed by atoms with Crippen molar-refractivity contribution in [3.8, 4) is 0 Å². The number of carbonyl (C=O) groups is 1. The van der Waals surface area contributed by atoms with Crippen LogP contribution in [0.3, 0.4) is 0 Å². The predicted octanol–water partition coefficient (Wildman–Crippen LogP) is -1.38. The fraction of sp³-hybridized carbons (Fsp3) is 0.917. The zero-order valence-corrected chi connectivity index (χ0v) is 13.2. The molecule has 13 heteroatoms. The molecule has 0 aromatic rings. The summed E-state index contributed by atoms with van der Waals surface area (Å²) >= 11 is 0. The first-order valence-electron chi connectivity index (χ1n) is 7.63. The summed E-state index contributed by atoms with van der Waals surface area (Å²) in [6, 6.07) is 0. The van der Waals surface area contributed by atoms with Crippen molar-refractivity contribution in [1.29, 1.82) is 0 Å². The molecular formula is C12H22N2O11. The maximum atomic E-state index is 11.9. The Morgan fingerprint density at radius 2 is 1.84 bits per heavy atom. The van der Waals surface area contributed by atoms with E-state index < -0.39 is 53.9 Å². The smallest absolute Gasteiger partial charge is 0.306 e. The summed E-state index contributed by atoms with van der Waals surface area (Å²) in [6.07, 6.45) is -2.90. The molecule has 0 amide bonds. The fourth-order valence-electron chi connectivity index (χ4n) is 2.70. The minimum Gasteiger partial charge on any atom is -0.457 e. The lowest BCUT2D eigenvalue weighted by Crippen LogP contribution is -2.34. The van der Waals surface area contributed by atoms with Crippen LogP contribution in [0.25, 0.3) is 0 Å². The summed E-state index contributed by atoms with van der Waals surface area (Å²) < 4.78 is 15.9. The number of fused-ring (bicyclic) bond motifs is 1. The van der Waals surface area contributed by atoms with Crippen LogP contribution in [0.15, 0.2) is 0 Å². The van der Waals surface area contributed by atoms with Crippen molar-refractivity contribution in [3.63, 3.8) is 0 Å². The Kier molecular flexibility index (Phi) is 7.85. The molecule has 0 spiro atoms. The molecule has 13 nitrogen and oxygen atoms in total. The first-order chi connectivity index (χ1) is 11.9. The van der Waals surface area contributed by atoms with Gasteiger partial charge in [-0.2, -0.15) is 0 Å². The Balaban J connectivity index is 1.68. The molecule has 2 fully saturated rings. The van der Waals surface area contributed by atoms with Crippen molar-refractivity contribution in [1.82, 2.24) is 10.8 Å². The van der Waals surface area contributed by atoms with E-state index in [0.29, 0.717) is 0 Å². The van der Waals surface area contributed by atoms with Crippen LogP contribution < -0.4 is 0 Å². The van der Waals surface area contributed by atoms with Gasteiger partial charge in [0.05, 0.1) is 24.0 Å². The maximum absolute atomic E-state index is 11.9. The predicted molar refractivity (Wildman–Crippen MR) is 70.9 cm³/mol.